The molecule has 1 amide bonds. The van der Waals surface area contributed by atoms with E-state index in [9.17, 15) is 15.2 Å². The second-order valence-electron chi connectivity index (χ2n) is 7.52. The van der Waals surface area contributed by atoms with E-state index in [4.69, 9.17) is 0 Å². The van der Waals surface area contributed by atoms with Gasteiger partial charge in [0.2, 0.25) is 0 Å². The molecule has 1 heterocycles. The molecule has 2 unspecified atom stereocenters. The highest BCUT2D eigenvalue weighted by Crippen LogP contribution is 2.38. The normalized spacial score (nSPS) is 16.6. The van der Waals surface area contributed by atoms with Crippen LogP contribution in [0.4, 0.5) is 5.69 Å². The zero-order valence-corrected chi connectivity index (χ0v) is 19.9. The molecule has 1 aliphatic heterocycles. The highest BCUT2D eigenvalue weighted by atomic mass is 79.9. The van der Waals surface area contributed by atoms with Gasteiger partial charge >= 0.3 is 0 Å². The number of anilines is 1. The van der Waals surface area contributed by atoms with Gasteiger partial charge in [0.15, 0.2) is 0 Å². The van der Waals surface area contributed by atoms with Crippen molar-refractivity contribution in [3.8, 4) is 6.07 Å². The summed E-state index contributed by atoms with van der Waals surface area (Å²) in [4.78, 5) is 16.2. The van der Waals surface area contributed by atoms with Gasteiger partial charge in [-0.05, 0) is 71.2 Å². The minimum absolute atomic E-state index is 0.104. The first-order chi connectivity index (χ1) is 15.5. The monoisotopic (exact) mass is 507 g/mol. The maximum Gasteiger partial charge on any atom is 0.258 e. The molecule has 0 bridgehead atoms. The van der Waals surface area contributed by atoms with Crippen LogP contribution >= 0.6 is 26.6 Å². The number of nitriles is 1. The molecule has 162 valence electrons. The van der Waals surface area contributed by atoms with Gasteiger partial charge in [-0.1, -0.05) is 47.1 Å². The van der Waals surface area contributed by atoms with E-state index < -0.39 is 10.7 Å². The minimum Gasteiger partial charge on any atom is -0.358 e. The number of rotatable bonds is 4. The predicted octanol–water partition coefficient (Wildman–Crippen LogP) is 5.43. The van der Waals surface area contributed by atoms with Crippen molar-refractivity contribution in [3.05, 3.63) is 94.0 Å². The Hall–Kier alpha value is -2.76. The molecule has 0 saturated heterocycles. The average molecular weight is 508 g/mol. The summed E-state index contributed by atoms with van der Waals surface area (Å²) in [6.45, 7) is 2.13. The van der Waals surface area contributed by atoms with E-state index in [1.165, 1.54) is 0 Å². The van der Waals surface area contributed by atoms with Crippen molar-refractivity contribution in [2.24, 2.45) is 0 Å². The maximum absolute atomic E-state index is 13.5. The van der Waals surface area contributed by atoms with Crippen LogP contribution in [0.3, 0.4) is 0 Å². The number of aliphatic hydroxyl groups is 1. The fourth-order valence-electron chi connectivity index (χ4n) is 3.87. The molecule has 3 aromatic rings. The fraction of sp³-hybridized carbons (Fsp3) is 0.160. The summed E-state index contributed by atoms with van der Waals surface area (Å²) < 4.78 is 4.28. The van der Waals surface area contributed by atoms with Crippen LogP contribution in [0.25, 0.3) is 0 Å². The van der Waals surface area contributed by atoms with E-state index in [-0.39, 0.29) is 17.0 Å². The van der Waals surface area contributed by atoms with Gasteiger partial charge in [-0.15, -0.1) is 0 Å². The average Bonchev–Trinajstić information content (AvgIpc) is 2.82. The molecule has 0 fully saturated rings. The number of fused-ring (bicyclic) bond motifs is 1. The van der Waals surface area contributed by atoms with Crippen LogP contribution in [0.1, 0.15) is 28.4 Å². The van der Waals surface area contributed by atoms with Crippen LogP contribution in [-0.2, 0) is 6.42 Å². The van der Waals surface area contributed by atoms with Gasteiger partial charge in [-0.3, -0.25) is 9.52 Å². The molecular formula is C25H22BrN3O2S. The Balaban J connectivity index is 1.74. The zero-order valence-electron chi connectivity index (χ0n) is 17.5. The number of nitrogens with zero attached hydrogens (tertiary/aromatic N) is 2. The lowest BCUT2D eigenvalue weighted by Crippen LogP contribution is -2.47. The van der Waals surface area contributed by atoms with Gasteiger partial charge in [0.25, 0.3) is 5.91 Å². The highest BCUT2D eigenvalue weighted by Gasteiger charge is 2.32. The molecule has 0 aromatic heterocycles. The molecule has 2 N–H and O–H groups in total. The lowest BCUT2D eigenvalue weighted by molar-refractivity contribution is 0.0983. The van der Waals surface area contributed by atoms with E-state index in [1.54, 1.807) is 30.0 Å². The van der Waals surface area contributed by atoms with Crippen molar-refractivity contribution in [1.29, 1.82) is 5.26 Å². The Morgan fingerprint density at radius 2 is 1.81 bits per heavy atom. The van der Waals surface area contributed by atoms with Gasteiger partial charge in [0.1, 0.15) is 0 Å². The number of aliphatic hydroxyl groups excluding tert-OH is 1. The number of hydrogen-bond acceptors (Lipinski definition) is 3. The molecule has 5 nitrogen and oxygen atoms in total. The van der Waals surface area contributed by atoms with E-state index in [2.05, 4.69) is 26.7 Å². The lowest BCUT2D eigenvalue weighted by Gasteiger charge is -2.36. The molecule has 0 aliphatic carbocycles. The van der Waals surface area contributed by atoms with Crippen LogP contribution < -0.4 is 9.62 Å². The molecule has 32 heavy (non-hydrogen) atoms. The summed E-state index contributed by atoms with van der Waals surface area (Å²) in [6.07, 6.45) is 0.631. The molecule has 0 spiro atoms. The molecule has 2 atom stereocenters. The van der Waals surface area contributed by atoms with Gasteiger partial charge in [0, 0.05) is 27.5 Å². The summed E-state index contributed by atoms with van der Waals surface area (Å²) in [7, 11) is -0.692. The molecule has 3 aromatic carbocycles. The van der Waals surface area contributed by atoms with Crippen LogP contribution in [-0.4, -0.2) is 28.7 Å². The molecule has 1 aliphatic rings. The number of hydrogen-bond donors (Lipinski definition) is 2. The van der Waals surface area contributed by atoms with Gasteiger partial charge in [0.05, 0.1) is 22.4 Å². The molecule has 0 radical (unpaired) electrons. The lowest BCUT2D eigenvalue weighted by atomic mass is 9.96. The topological polar surface area (TPSA) is 76.4 Å². The van der Waals surface area contributed by atoms with E-state index in [0.717, 1.165) is 20.6 Å². The van der Waals surface area contributed by atoms with Crippen molar-refractivity contribution >= 4 is 43.2 Å². The number of halogens is 1. The Morgan fingerprint density at radius 1 is 1.16 bits per heavy atom. The summed E-state index contributed by atoms with van der Waals surface area (Å²) in [5, 5.41) is 20.1. The first kappa shape index (κ1) is 22.4. The van der Waals surface area contributed by atoms with Gasteiger partial charge < -0.3 is 10.0 Å². The first-order valence-electron chi connectivity index (χ1n) is 10.2. The van der Waals surface area contributed by atoms with E-state index >= 15 is 0 Å². The largest absolute Gasteiger partial charge is 0.358 e. The second-order valence-corrected chi connectivity index (χ2v) is 10.3. The highest BCUT2D eigenvalue weighted by molar-refractivity contribution is 9.10. The quantitative estimate of drug-likeness (QED) is 0.461. The van der Waals surface area contributed by atoms with Gasteiger partial charge in [-0.25, -0.2) is 0 Å². The molecular weight excluding hydrogens is 486 g/mol. The van der Waals surface area contributed by atoms with Crippen molar-refractivity contribution in [2.45, 2.75) is 24.3 Å². The third-order valence-corrected chi connectivity index (χ3v) is 7.74. The van der Waals surface area contributed by atoms with Crippen molar-refractivity contribution in [3.63, 3.8) is 0 Å². The molecule has 7 heteroatoms. The van der Waals surface area contributed by atoms with Crippen LogP contribution in [0, 0.1) is 11.3 Å². The number of benzene rings is 3. The number of carbonyl (C=O) groups excluding carboxylic acids is 1. The number of nitrogens with one attached hydrogen (secondary N) is 1. The Labute approximate surface area is 198 Å². The maximum atomic E-state index is 13.5. The van der Waals surface area contributed by atoms with E-state index in [1.807, 2.05) is 54.6 Å². The summed E-state index contributed by atoms with van der Waals surface area (Å²) in [5.74, 6) is -0.104. The number of amides is 1. The zero-order chi connectivity index (χ0) is 22.7. The third kappa shape index (κ3) is 4.69. The smallest absolute Gasteiger partial charge is 0.258 e. The first-order valence-corrected chi connectivity index (χ1v) is 12.2. The molecule has 4 rings (SSSR count). The Bertz CT molecular complexity index is 1220. The van der Waals surface area contributed by atoms with Crippen molar-refractivity contribution in [2.75, 3.05) is 11.4 Å². The fourth-order valence-corrected chi connectivity index (χ4v) is 6.15. The summed E-state index contributed by atoms with van der Waals surface area (Å²) in [5.41, 5.74) is 2.84. The van der Waals surface area contributed by atoms with E-state index in [0.29, 0.717) is 24.1 Å². The Kier molecular flexibility index (Phi) is 6.87. The molecule has 0 saturated carbocycles. The minimum atomic E-state index is -0.692. The van der Waals surface area contributed by atoms with Crippen molar-refractivity contribution < 1.29 is 9.90 Å². The number of carbonyl (C=O) groups is 1. The van der Waals surface area contributed by atoms with Crippen LogP contribution in [0.15, 0.2) is 82.2 Å². The third-order valence-electron chi connectivity index (χ3n) is 5.24. The standard InChI is InChI=1S/C25H22BrN3O2S/c1-17(30)32(22-10-6-3-7-11-22)28-21-14-20-12-18(15-27)13-23(26)24(20)29(16-21)25(31)19-8-4-2-5-9-19/h2-13,21,28,30H,14,16H2,1H3. The Morgan fingerprint density at radius 3 is 2.44 bits per heavy atom. The van der Waals surface area contributed by atoms with Crippen LogP contribution in [0.5, 0.6) is 0 Å². The van der Waals surface area contributed by atoms with Crippen molar-refractivity contribution in [1.82, 2.24) is 4.72 Å². The summed E-state index contributed by atoms with van der Waals surface area (Å²) >= 11 is 3.58. The van der Waals surface area contributed by atoms with Crippen LogP contribution in [0.2, 0.25) is 0 Å². The SMILES string of the molecule is C/C(O)=S(/NC1Cc2cc(C#N)cc(Br)c2N(C(=O)c2ccccc2)C1)c1ccccc1. The van der Waals surface area contributed by atoms with Gasteiger partial charge in [-0.2, -0.15) is 5.26 Å². The second kappa shape index (κ2) is 9.80. The predicted molar refractivity (Wildman–Crippen MR) is 133 cm³/mol. The summed E-state index contributed by atoms with van der Waals surface area (Å²) in [6, 6.07) is 24.6.